The largest absolute Gasteiger partial charge is 0.388 e. The van der Waals surface area contributed by atoms with Gasteiger partial charge in [0.1, 0.15) is 4.90 Å². The highest BCUT2D eigenvalue weighted by Crippen LogP contribution is 2.35. The molecule has 0 aliphatic heterocycles. The first-order chi connectivity index (χ1) is 14.8. The Bertz CT molecular complexity index is 1190. The second-order valence-corrected chi connectivity index (χ2v) is 8.70. The van der Waals surface area contributed by atoms with Gasteiger partial charge in [-0.3, -0.25) is 9.52 Å². The minimum Gasteiger partial charge on any atom is -0.388 e. The maximum Gasteiger partial charge on any atom is 0.266 e. The maximum absolute atomic E-state index is 13.4. The highest BCUT2D eigenvalue weighted by molar-refractivity contribution is 7.93. The number of benzene rings is 3. The van der Waals surface area contributed by atoms with Gasteiger partial charge in [-0.15, -0.1) is 0 Å². The van der Waals surface area contributed by atoms with Crippen LogP contribution in [0.2, 0.25) is 5.02 Å². The van der Waals surface area contributed by atoms with Gasteiger partial charge in [0.25, 0.3) is 10.0 Å². The molecule has 0 aliphatic carbocycles. The fourth-order valence-electron chi connectivity index (χ4n) is 3.17. The number of anilines is 4. The van der Waals surface area contributed by atoms with Crippen LogP contribution in [0.15, 0.2) is 65.6 Å². The molecule has 9 heteroatoms. The second kappa shape index (κ2) is 9.28. The van der Waals surface area contributed by atoms with Crippen molar-refractivity contribution in [1.82, 2.24) is 0 Å². The summed E-state index contributed by atoms with van der Waals surface area (Å²) in [6.07, 6.45) is 0. The van der Waals surface area contributed by atoms with E-state index < -0.39 is 10.0 Å². The van der Waals surface area contributed by atoms with Crippen LogP contribution >= 0.6 is 11.6 Å². The summed E-state index contributed by atoms with van der Waals surface area (Å²) in [5.74, 6) is -0.339. The third-order valence-electron chi connectivity index (χ3n) is 4.69. The van der Waals surface area contributed by atoms with E-state index in [2.05, 4.69) is 20.7 Å². The highest BCUT2D eigenvalue weighted by atomic mass is 35.5. The molecule has 0 saturated carbocycles. The zero-order valence-corrected chi connectivity index (χ0v) is 18.9. The quantitative estimate of drug-likeness (QED) is 0.371. The number of rotatable bonds is 8. The van der Waals surface area contributed by atoms with Crippen LogP contribution in [0, 0.1) is 0 Å². The van der Waals surface area contributed by atoms with Crippen molar-refractivity contribution in [3.8, 4) is 0 Å². The lowest BCUT2D eigenvalue weighted by atomic mass is 10.0. The normalized spacial score (nSPS) is 11.0. The molecule has 4 N–H and O–H groups in total. The summed E-state index contributed by atoms with van der Waals surface area (Å²) in [6, 6.07) is 16.4. The molecule has 0 spiro atoms. The predicted molar refractivity (Wildman–Crippen MR) is 127 cm³/mol. The summed E-state index contributed by atoms with van der Waals surface area (Å²) >= 11 is 6.11. The average molecular weight is 459 g/mol. The Morgan fingerprint density at radius 3 is 1.97 bits per heavy atom. The number of hydrogen-bond donors (Lipinski definition) is 4. The molecule has 0 atom stereocenters. The Kier molecular flexibility index (Phi) is 6.72. The van der Waals surface area contributed by atoms with E-state index in [0.29, 0.717) is 22.0 Å². The molecule has 0 saturated heterocycles. The molecule has 0 unspecified atom stereocenters. The van der Waals surface area contributed by atoms with Crippen LogP contribution in [0.1, 0.15) is 15.9 Å². The molecule has 3 rings (SSSR count). The van der Waals surface area contributed by atoms with Crippen molar-refractivity contribution in [1.29, 1.82) is 0 Å². The number of halogens is 1. The van der Waals surface area contributed by atoms with Crippen LogP contribution in [-0.2, 0) is 10.0 Å². The smallest absolute Gasteiger partial charge is 0.266 e. The molecule has 0 aromatic heterocycles. The Balaban J connectivity index is 2.10. The van der Waals surface area contributed by atoms with Gasteiger partial charge in [-0.1, -0.05) is 41.9 Å². The second-order valence-electron chi connectivity index (χ2n) is 6.64. The van der Waals surface area contributed by atoms with Gasteiger partial charge >= 0.3 is 0 Å². The molecule has 31 heavy (non-hydrogen) atoms. The van der Waals surface area contributed by atoms with E-state index in [1.165, 1.54) is 18.2 Å². The SMILES string of the molecule is CNc1cc(NC)c(S(=O)(=O)Nc2ccc(Cl)cc2C(=O)c2ccccc2)c(NC)c1. The van der Waals surface area contributed by atoms with Crippen molar-refractivity contribution in [2.45, 2.75) is 4.90 Å². The molecule has 0 radical (unpaired) electrons. The van der Waals surface area contributed by atoms with Crippen LogP contribution in [0.4, 0.5) is 22.7 Å². The lowest BCUT2D eigenvalue weighted by Crippen LogP contribution is -2.19. The number of carbonyl (C=O) groups excluding carboxylic acids is 1. The first-order valence-electron chi connectivity index (χ1n) is 9.44. The number of hydrogen-bond acceptors (Lipinski definition) is 6. The van der Waals surface area contributed by atoms with Gasteiger partial charge in [0.15, 0.2) is 5.78 Å². The molecule has 0 fully saturated rings. The van der Waals surface area contributed by atoms with Gasteiger partial charge in [0.2, 0.25) is 0 Å². The summed E-state index contributed by atoms with van der Waals surface area (Å²) in [4.78, 5) is 13.1. The molecular weight excluding hydrogens is 436 g/mol. The summed E-state index contributed by atoms with van der Waals surface area (Å²) in [6.45, 7) is 0. The topological polar surface area (TPSA) is 99.3 Å². The zero-order valence-electron chi connectivity index (χ0n) is 17.3. The highest BCUT2D eigenvalue weighted by Gasteiger charge is 2.26. The lowest BCUT2D eigenvalue weighted by Gasteiger charge is -2.19. The summed E-state index contributed by atoms with van der Waals surface area (Å²) < 4.78 is 29.4. The molecular formula is C22H23ClN4O3S. The van der Waals surface area contributed by atoms with Gasteiger partial charge in [0.05, 0.1) is 17.1 Å². The minimum absolute atomic E-state index is 0.0320. The first kappa shape index (κ1) is 22.5. The summed E-state index contributed by atoms with van der Waals surface area (Å²) in [5.41, 5.74) is 2.25. The average Bonchev–Trinajstić information content (AvgIpc) is 2.79. The molecule has 0 bridgehead atoms. The Hall–Kier alpha value is -3.23. The van der Waals surface area contributed by atoms with Gasteiger partial charge in [-0.05, 0) is 30.3 Å². The standard InChI is InChI=1S/C22H23ClN4O3S/c1-24-16-12-19(25-2)22(20(13-16)26-3)31(29,30)27-18-10-9-15(23)11-17(18)21(28)14-7-5-4-6-8-14/h4-13,24-27H,1-3H3. The van der Waals surface area contributed by atoms with Crippen molar-refractivity contribution in [3.05, 3.63) is 76.8 Å². The van der Waals surface area contributed by atoms with Gasteiger partial charge in [0, 0.05) is 43.0 Å². The molecule has 162 valence electrons. The van der Waals surface area contributed by atoms with Crippen molar-refractivity contribution in [3.63, 3.8) is 0 Å². The third-order valence-corrected chi connectivity index (χ3v) is 6.39. The number of sulfonamides is 1. The van der Waals surface area contributed by atoms with Crippen LogP contribution in [-0.4, -0.2) is 35.3 Å². The fourth-order valence-corrected chi connectivity index (χ4v) is 4.81. The Labute approximate surface area is 186 Å². The number of carbonyl (C=O) groups is 1. The molecule has 0 amide bonds. The van der Waals surface area contributed by atoms with Gasteiger partial charge in [-0.25, -0.2) is 8.42 Å². The van der Waals surface area contributed by atoms with Crippen molar-refractivity contribution >= 4 is 50.2 Å². The molecule has 0 heterocycles. The summed E-state index contributed by atoms with van der Waals surface area (Å²) in [5, 5.41) is 9.17. The predicted octanol–water partition coefficient (Wildman–Crippen LogP) is 4.50. The maximum atomic E-state index is 13.4. The Morgan fingerprint density at radius 1 is 0.806 bits per heavy atom. The van der Waals surface area contributed by atoms with E-state index in [-0.39, 0.29) is 21.9 Å². The van der Waals surface area contributed by atoms with Crippen LogP contribution in [0.3, 0.4) is 0 Å². The molecule has 3 aromatic carbocycles. The third kappa shape index (κ3) is 4.76. The van der Waals surface area contributed by atoms with E-state index in [0.717, 1.165) is 5.69 Å². The van der Waals surface area contributed by atoms with Crippen LogP contribution in [0.25, 0.3) is 0 Å². The van der Waals surface area contributed by atoms with E-state index in [1.54, 1.807) is 63.6 Å². The van der Waals surface area contributed by atoms with Gasteiger partial charge < -0.3 is 16.0 Å². The molecule has 7 nitrogen and oxygen atoms in total. The zero-order chi connectivity index (χ0) is 22.6. The number of nitrogens with one attached hydrogen (secondary N) is 4. The van der Waals surface area contributed by atoms with E-state index in [1.807, 2.05) is 0 Å². The van der Waals surface area contributed by atoms with E-state index in [4.69, 9.17) is 11.6 Å². The van der Waals surface area contributed by atoms with Crippen LogP contribution in [0.5, 0.6) is 0 Å². The van der Waals surface area contributed by atoms with Crippen molar-refractivity contribution in [2.24, 2.45) is 0 Å². The Morgan fingerprint density at radius 2 is 1.42 bits per heavy atom. The minimum atomic E-state index is -4.07. The molecule has 0 aliphatic rings. The van der Waals surface area contributed by atoms with Crippen LogP contribution < -0.4 is 20.7 Å². The van der Waals surface area contributed by atoms with Crippen molar-refractivity contribution in [2.75, 3.05) is 41.8 Å². The van der Waals surface area contributed by atoms with E-state index >= 15 is 0 Å². The van der Waals surface area contributed by atoms with Crippen molar-refractivity contribution < 1.29 is 13.2 Å². The lowest BCUT2D eigenvalue weighted by molar-refractivity contribution is 0.103. The first-order valence-corrected chi connectivity index (χ1v) is 11.3. The van der Waals surface area contributed by atoms with E-state index in [9.17, 15) is 13.2 Å². The number of ketones is 1. The monoisotopic (exact) mass is 458 g/mol. The summed E-state index contributed by atoms with van der Waals surface area (Å²) in [7, 11) is 0.950. The van der Waals surface area contributed by atoms with Gasteiger partial charge in [-0.2, -0.15) is 0 Å². The molecule has 3 aromatic rings. The fraction of sp³-hybridized carbons (Fsp3) is 0.136.